The van der Waals surface area contributed by atoms with Crippen molar-refractivity contribution in [2.45, 2.75) is 6.92 Å². The van der Waals surface area contributed by atoms with Crippen molar-refractivity contribution in [3.63, 3.8) is 0 Å². The highest BCUT2D eigenvalue weighted by molar-refractivity contribution is 6.10. The fourth-order valence-electron chi connectivity index (χ4n) is 3.06. The lowest BCUT2D eigenvalue weighted by molar-refractivity contribution is 0.0528. The van der Waals surface area contributed by atoms with Gasteiger partial charge in [-0.1, -0.05) is 66.7 Å². The molecular weight excluding hydrogens is 340 g/mol. The average Bonchev–Trinajstić information content (AvgIpc) is 2.73. The van der Waals surface area contributed by atoms with E-state index in [2.05, 4.69) is 0 Å². The third kappa shape index (κ3) is 3.75. The number of carbonyl (C=O) groups is 2. The predicted octanol–water partition coefficient (Wildman–Crippen LogP) is 4.98. The summed E-state index contributed by atoms with van der Waals surface area (Å²) in [7, 11) is 1.33. The zero-order valence-electron chi connectivity index (χ0n) is 15.3. The van der Waals surface area contributed by atoms with E-state index in [1.54, 1.807) is 19.1 Å². The number of hydrogen-bond donors (Lipinski definition) is 0. The lowest BCUT2D eigenvalue weighted by atomic mass is 9.88. The number of methoxy groups -OCH3 is 1. The summed E-state index contributed by atoms with van der Waals surface area (Å²) in [4.78, 5) is 25.3. The maximum Gasteiger partial charge on any atom is 0.339 e. The molecule has 0 aliphatic carbocycles. The van der Waals surface area contributed by atoms with Gasteiger partial charge in [-0.15, -0.1) is 0 Å². The SMILES string of the molecule is CCOC(=O)c1c(-c2ccccc2)ccc(C(=O)OC)c1-c1ccccc1. The molecule has 3 aromatic rings. The molecule has 0 fully saturated rings. The maximum atomic E-state index is 12.9. The van der Waals surface area contributed by atoms with Gasteiger partial charge >= 0.3 is 11.9 Å². The molecule has 0 heterocycles. The summed E-state index contributed by atoms with van der Waals surface area (Å²) in [6.07, 6.45) is 0. The van der Waals surface area contributed by atoms with Crippen molar-refractivity contribution in [2.24, 2.45) is 0 Å². The number of carbonyl (C=O) groups excluding carboxylic acids is 2. The molecule has 3 aromatic carbocycles. The van der Waals surface area contributed by atoms with Gasteiger partial charge < -0.3 is 9.47 Å². The highest BCUT2D eigenvalue weighted by Gasteiger charge is 2.25. The Morgan fingerprint density at radius 3 is 1.93 bits per heavy atom. The van der Waals surface area contributed by atoms with Crippen LogP contribution < -0.4 is 0 Å². The van der Waals surface area contributed by atoms with E-state index in [9.17, 15) is 9.59 Å². The van der Waals surface area contributed by atoms with E-state index < -0.39 is 11.9 Å². The van der Waals surface area contributed by atoms with Crippen molar-refractivity contribution in [3.8, 4) is 22.3 Å². The monoisotopic (exact) mass is 360 g/mol. The molecule has 0 unspecified atom stereocenters. The van der Waals surface area contributed by atoms with Crippen molar-refractivity contribution < 1.29 is 19.1 Å². The highest BCUT2D eigenvalue weighted by atomic mass is 16.5. The van der Waals surface area contributed by atoms with Gasteiger partial charge in [0.25, 0.3) is 0 Å². The van der Waals surface area contributed by atoms with Gasteiger partial charge in [0.15, 0.2) is 0 Å². The Bertz CT molecular complexity index is 947. The summed E-state index contributed by atoms with van der Waals surface area (Å²) in [6, 6.07) is 22.3. The Balaban J connectivity index is 2.38. The second-order valence-electron chi connectivity index (χ2n) is 5.85. The molecule has 136 valence electrons. The summed E-state index contributed by atoms with van der Waals surface area (Å²) >= 11 is 0. The fourth-order valence-corrected chi connectivity index (χ4v) is 3.06. The molecule has 0 N–H and O–H groups in total. The zero-order chi connectivity index (χ0) is 19.2. The first-order valence-electron chi connectivity index (χ1n) is 8.70. The second-order valence-corrected chi connectivity index (χ2v) is 5.85. The third-order valence-corrected chi connectivity index (χ3v) is 4.24. The van der Waals surface area contributed by atoms with E-state index in [4.69, 9.17) is 9.47 Å². The summed E-state index contributed by atoms with van der Waals surface area (Å²) in [5, 5.41) is 0. The molecule has 0 spiro atoms. The minimum Gasteiger partial charge on any atom is -0.465 e. The van der Waals surface area contributed by atoms with Gasteiger partial charge in [0.2, 0.25) is 0 Å². The topological polar surface area (TPSA) is 52.6 Å². The van der Waals surface area contributed by atoms with E-state index >= 15 is 0 Å². The molecule has 0 amide bonds. The third-order valence-electron chi connectivity index (χ3n) is 4.24. The van der Waals surface area contributed by atoms with Gasteiger partial charge in [-0.25, -0.2) is 9.59 Å². The first-order chi connectivity index (χ1) is 13.2. The van der Waals surface area contributed by atoms with E-state index in [1.165, 1.54) is 7.11 Å². The van der Waals surface area contributed by atoms with Crippen LogP contribution in [0.2, 0.25) is 0 Å². The van der Waals surface area contributed by atoms with Crippen LogP contribution in [0.1, 0.15) is 27.6 Å². The summed E-state index contributed by atoms with van der Waals surface area (Å²) in [6.45, 7) is 2.00. The zero-order valence-corrected chi connectivity index (χ0v) is 15.3. The first kappa shape index (κ1) is 18.4. The van der Waals surface area contributed by atoms with Gasteiger partial charge in [0.05, 0.1) is 24.8 Å². The quantitative estimate of drug-likeness (QED) is 0.602. The molecule has 3 rings (SSSR count). The molecule has 0 saturated heterocycles. The Hall–Kier alpha value is -3.40. The smallest absolute Gasteiger partial charge is 0.339 e. The van der Waals surface area contributed by atoms with Crippen molar-refractivity contribution in [1.29, 1.82) is 0 Å². The molecule has 0 radical (unpaired) electrons. The number of ether oxygens (including phenoxy) is 2. The lowest BCUT2D eigenvalue weighted by Gasteiger charge is -2.17. The molecule has 0 aliphatic heterocycles. The van der Waals surface area contributed by atoms with Gasteiger partial charge in [-0.05, 0) is 29.7 Å². The van der Waals surface area contributed by atoms with Gasteiger partial charge in [-0.3, -0.25) is 0 Å². The second kappa shape index (κ2) is 8.32. The molecule has 0 aliphatic rings. The molecule has 0 atom stereocenters. The van der Waals surface area contributed by atoms with Crippen molar-refractivity contribution in [2.75, 3.05) is 13.7 Å². The fraction of sp³-hybridized carbons (Fsp3) is 0.130. The van der Waals surface area contributed by atoms with E-state index in [-0.39, 0.29) is 6.61 Å². The van der Waals surface area contributed by atoms with E-state index in [1.807, 2.05) is 60.7 Å². The Morgan fingerprint density at radius 2 is 1.37 bits per heavy atom. The van der Waals surface area contributed by atoms with Crippen molar-refractivity contribution in [1.82, 2.24) is 0 Å². The highest BCUT2D eigenvalue weighted by Crippen LogP contribution is 2.36. The number of esters is 2. The number of rotatable bonds is 5. The molecule has 0 saturated carbocycles. The van der Waals surface area contributed by atoms with Gasteiger partial charge in [-0.2, -0.15) is 0 Å². The number of hydrogen-bond acceptors (Lipinski definition) is 4. The molecule has 27 heavy (non-hydrogen) atoms. The summed E-state index contributed by atoms with van der Waals surface area (Å²) in [5.41, 5.74) is 3.53. The molecule has 4 heteroatoms. The molecule has 4 nitrogen and oxygen atoms in total. The number of benzene rings is 3. The van der Waals surface area contributed by atoms with Crippen LogP contribution in [0, 0.1) is 0 Å². The summed E-state index contributed by atoms with van der Waals surface area (Å²) in [5.74, 6) is -0.972. The van der Waals surface area contributed by atoms with Crippen LogP contribution in [0.5, 0.6) is 0 Å². The van der Waals surface area contributed by atoms with Crippen molar-refractivity contribution in [3.05, 3.63) is 83.9 Å². The van der Waals surface area contributed by atoms with Gasteiger partial charge in [0, 0.05) is 5.56 Å². The predicted molar refractivity (Wildman–Crippen MR) is 105 cm³/mol. The minimum absolute atomic E-state index is 0.240. The molecule has 0 aromatic heterocycles. The van der Waals surface area contributed by atoms with Crippen LogP contribution in [0.4, 0.5) is 0 Å². The van der Waals surface area contributed by atoms with Crippen LogP contribution in [0.15, 0.2) is 72.8 Å². The van der Waals surface area contributed by atoms with Crippen LogP contribution in [0.3, 0.4) is 0 Å². The Morgan fingerprint density at radius 1 is 0.778 bits per heavy atom. The summed E-state index contributed by atoms with van der Waals surface area (Å²) < 4.78 is 10.3. The largest absolute Gasteiger partial charge is 0.465 e. The normalized spacial score (nSPS) is 10.3. The molecule has 0 bridgehead atoms. The lowest BCUT2D eigenvalue weighted by Crippen LogP contribution is -2.13. The van der Waals surface area contributed by atoms with Crippen LogP contribution in [-0.2, 0) is 9.47 Å². The maximum absolute atomic E-state index is 12.9. The molecular formula is C23H20O4. The average molecular weight is 360 g/mol. The van der Waals surface area contributed by atoms with Crippen LogP contribution in [-0.4, -0.2) is 25.7 Å². The first-order valence-corrected chi connectivity index (χ1v) is 8.70. The van der Waals surface area contributed by atoms with Crippen molar-refractivity contribution >= 4 is 11.9 Å². The van der Waals surface area contributed by atoms with Crippen LogP contribution >= 0.6 is 0 Å². The van der Waals surface area contributed by atoms with Crippen LogP contribution in [0.25, 0.3) is 22.3 Å². The van der Waals surface area contributed by atoms with Gasteiger partial charge in [0.1, 0.15) is 0 Å². The Labute approximate surface area is 158 Å². The minimum atomic E-state index is -0.501. The van der Waals surface area contributed by atoms with E-state index in [0.717, 1.165) is 11.1 Å². The van der Waals surface area contributed by atoms with E-state index in [0.29, 0.717) is 22.3 Å². The standard InChI is InChI=1S/C23H20O4/c1-3-27-23(25)21-18(16-10-6-4-7-11-16)14-15-19(22(24)26-2)20(21)17-12-8-5-9-13-17/h4-15H,3H2,1-2H3. The Kier molecular flexibility index (Phi) is 5.67.